The van der Waals surface area contributed by atoms with Crippen molar-refractivity contribution in [2.45, 2.75) is 25.5 Å². The number of hydrogen-bond acceptors (Lipinski definition) is 6. The van der Waals surface area contributed by atoms with Crippen molar-refractivity contribution in [2.75, 3.05) is 17.7 Å². The molecule has 0 fully saturated rings. The van der Waals surface area contributed by atoms with Gasteiger partial charge in [-0.1, -0.05) is 35.5 Å². The van der Waals surface area contributed by atoms with Gasteiger partial charge in [-0.2, -0.15) is 0 Å². The van der Waals surface area contributed by atoms with Crippen LogP contribution in [0, 0.1) is 12.8 Å². The van der Waals surface area contributed by atoms with Crippen LogP contribution < -0.4 is 20.1 Å². The second-order valence-corrected chi connectivity index (χ2v) is 7.53. The van der Waals surface area contributed by atoms with Crippen LogP contribution in [0.1, 0.15) is 29.7 Å². The first-order valence-electron chi connectivity index (χ1n) is 9.48. The number of fused-ring (bicyclic) bond motifs is 6. The van der Waals surface area contributed by atoms with E-state index < -0.39 is 11.6 Å². The van der Waals surface area contributed by atoms with E-state index in [1.807, 2.05) is 62.4 Å². The van der Waals surface area contributed by atoms with Gasteiger partial charge in [0.1, 0.15) is 17.4 Å². The molecule has 0 spiro atoms. The van der Waals surface area contributed by atoms with Gasteiger partial charge < -0.3 is 24.6 Å². The highest BCUT2D eigenvalue weighted by Crippen LogP contribution is 2.54. The zero-order valence-electron chi connectivity index (χ0n) is 16.4. The van der Waals surface area contributed by atoms with Crippen LogP contribution in [0.5, 0.6) is 11.5 Å². The zero-order chi connectivity index (χ0) is 20.2. The summed E-state index contributed by atoms with van der Waals surface area (Å²) >= 11 is 0. The fraction of sp³-hybridized carbons (Fsp3) is 0.273. The Morgan fingerprint density at radius 1 is 1.21 bits per heavy atom. The number of para-hydroxylation sites is 3. The highest BCUT2D eigenvalue weighted by Gasteiger charge is 2.57. The molecule has 2 aromatic carbocycles. The summed E-state index contributed by atoms with van der Waals surface area (Å²) in [6, 6.07) is 15.1. The third kappa shape index (κ3) is 2.57. The summed E-state index contributed by atoms with van der Waals surface area (Å²) in [5, 5.41) is 10.4. The number of carbonyl (C=O) groups is 1. The van der Waals surface area contributed by atoms with Crippen LogP contribution in [-0.4, -0.2) is 23.9 Å². The molecule has 7 nitrogen and oxygen atoms in total. The van der Waals surface area contributed by atoms with Crippen LogP contribution in [0.15, 0.2) is 53.1 Å². The molecule has 2 N–H and O–H groups in total. The highest BCUT2D eigenvalue weighted by molar-refractivity contribution is 5.97. The van der Waals surface area contributed by atoms with Crippen molar-refractivity contribution in [1.29, 1.82) is 0 Å². The third-order valence-corrected chi connectivity index (χ3v) is 5.73. The second-order valence-electron chi connectivity index (χ2n) is 7.53. The fourth-order valence-corrected chi connectivity index (χ4v) is 4.46. The van der Waals surface area contributed by atoms with E-state index in [1.165, 1.54) is 0 Å². The predicted molar refractivity (Wildman–Crippen MR) is 107 cm³/mol. The lowest BCUT2D eigenvalue weighted by Gasteiger charge is -2.48. The maximum Gasteiger partial charge on any atom is 0.234 e. The van der Waals surface area contributed by atoms with Gasteiger partial charge in [0, 0.05) is 17.0 Å². The Hall–Kier alpha value is -3.48. The minimum Gasteiger partial charge on any atom is -0.495 e. The summed E-state index contributed by atoms with van der Waals surface area (Å²) < 4.78 is 17.2. The quantitative estimate of drug-likeness (QED) is 0.704. The van der Waals surface area contributed by atoms with Gasteiger partial charge >= 0.3 is 0 Å². The number of carbonyl (C=O) groups excluding carboxylic acids is 1. The molecule has 3 aromatic rings. The molecule has 29 heavy (non-hydrogen) atoms. The molecule has 7 heteroatoms. The largest absolute Gasteiger partial charge is 0.495 e. The summed E-state index contributed by atoms with van der Waals surface area (Å²) in [5.41, 5.74) is 2.20. The Kier molecular flexibility index (Phi) is 3.81. The molecule has 0 radical (unpaired) electrons. The number of benzene rings is 2. The molecule has 5 rings (SSSR count). The molecule has 1 aromatic heterocycles. The molecule has 3 heterocycles. The van der Waals surface area contributed by atoms with Gasteiger partial charge in [-0.15, -0.1) is 0 Å². The maximum absolute atomic E-state index is 13.6. The molecule has 2 aliphatic rings. The van der Waals surface area contributed by atoms with Gasteiger partial charge in [0.25, 0.3) is 0 Å². The van der Waals surface area contributed by atoms with Gasteiger partial charge in [-0.3, -0.25) is 4.79 Å². The van der Waals surface area contributed by atoms with E-state index in [-0.39, 0.29) is 11.8 Å². The van der Waals surface area contributed by atoms with Gasteiger partial charge in [-0.05, 0) is 32.0 Å². The van der Waals surface area contributed by atoms with Crippen molar-refractivity contribution in [2.24, 2.45) is 5.92 Å². The first-order valence-corrected chi connectivity index (χ1v) is 9.48. The zero-order valence-corrected chi connectivity index (χ0v) is 16.4. The summed E-state index contributed by atoms with van der Waals surface area (Å²) in [6.07, 6.45) is 0. The number of nitrogens with one attached hydrogen (secondary N) is 2. The predicted octanol–water partition coefficient (Wildman–Crippen LogP) is 3.91. The molecular weight excluding hydrogens is 370 g/mol. The van der Waals surface area contributed by atoms with E-state index in [9.17, 15) is 4.79 Å². The fourth-order valence-electron chi connectivity index (χ4n) is 4.46. The number of rotatable bonds is 3. The Labute approximate surface area is 168 Å². The molecule has 3 atom stereocenters. The van der Waals surface area contributed by atoms with Crippen LogP contribution in [0.3, 0.4) is 0 Å². The normalized spacial score (nSPS) is 23.8. The lowest BCUT2D eigenvalue weighted by atomic mass is 9.70. The van der Waals surface area contributed by atoms with E-state index in [2.05, 4.69) is 15.8 Å². The second kappa shape index (κ2) is 6.27. The lowest BCUT2D eigenvalue weighted by Crippen LogP contribution is -2.59. The Bertz CT molecular complexity index is 1110. The number of anilines is 2. The molecular formula is C22H21N3O4. The molecule has 0 saturated carbocycles. The molecule has 2 bridgehead atoms. The number of aromatic nitrogens is 1. The van der Waals surface area contributed by atoms with Crippen molar-refractivity contribution in [3.05, 3.63) is 65.4 Å². The summed E-state index contributed by atoms with van der Waals surface area (Å²) in [7, 11) is 1.58. The summed E-state index contributed by atoms with van der Waals surface area (Å²) in [4.78, 5) is 13.6. The van der Waals surface area contributed by atoms with Crippen LogP contribution in [0.25, 0.3) is 0 Å². The van der Waals surface area contributed by atoms with Crippen molar-refractivity contribution < 1.29 is 18.8 Å². The van der Waals surface area contributed by atoms with E-state index >= 15 is 0 Å². The summed E-state index contributed by atoms with van der Waals surface area (Å²) in [6.45, 7) is 3.75. The smallest absolute Gasteiger partial charge is 0.234 e. The molecule has 148 valence electrons. The van der Waals surface area contributed by atoms with Crippen molar-refractivity contribution >= 4 is 17.5 Å². The highest BCUT2D eigenvalue weighted by atomic mass is 16.5. The molecule has 0 saturated heterocycles. The molecule has 2 aliphatic heterocycles. The number of methoxy groups -OCH3 is 1. The van der Waals surface area contributed by atoms with Gasteiger partial charge in [0.2, 0.25) is 11.8 Å². The minimum atomic E-state index is -0.996. The number of aryl methyl sites for hydroxylation is 1. The van der Waals surface area contributed by atoms with Crippen LogP contribution in [0.2, 0.25) is 0 Å². The topological polar surface area (TPSA) is 85.6 Å². The van der Waals surface area contributed by atoms with Crippen molar-refractivity contribution in [3.8, 4) is 11.5 Å². The number of hydrogen-bond donors (Lipinski definition) is 2. The monoisotopic (exact) mass is 391 g/mol. The van der Waals surface area contributed by atoms with E-state index in [1.54, 1.807) is 7.11 Å². The minimum absolute atomic E-state index is 0.171. The SMILES string of the molecule is COc1ccccc1NC(=O)C1C2c3ccccc3OC1(C)Nc1onc(C)c12. The summed E-state index contributed by atoms with van der Waals surface area (Å²) in [5.74, 6) is 0.930. The van der Waals surface area contributed by atoms with Gasteiger partial charge in [0.05, 0.1) is 18.5 Å². The Balaban J connectivity index is 1.63. The van der Waals surface area contributed by atoms with Crippen molar-refractivity contribution in [1.82, 2.24) is 5.16 Å². The van der Waals surface area contributed by atoms with E-state index in [0.29, 0.717) is 17.3 Å². The molecule has 1 amide bonds. The Morgan fingerprint density at radius 3 is 2.79 bits per heavy atom. The molecule has 3 unspecified atom stereocenters. The van der Waals surface area contributed by atoms with E-state index in [4.69, 9.17) is 14.0 Å². The van der Waals surface area contributed by atoms with Gasteiger partial charge in [-0.25, -0.2) is 0 Å². The first kappa shape index (κ1) is 17.6. The third-order valence-electron chi connectivity index (χ3n) is 5.73. The molecule has 0 aliphatic carbocycles. The average molecular weight is 391 g/mol. The average Bonchev–Trinajstić information content (AvgIpc) is 3.06. The lowest BCUT2D eigenvalue weighted by molar-refractivity contribution is -0.127. The first-order chi connectivity index (χ1) is 14.0. The number of nitrogens with zero attached hydrogens (tertiary/aromatic N) is 1. The van der Waals surface area contributed by atoms with E-state index in [0.717, 1.165) is 22.6 Å². The van der Waals surface area contributed by atoms with Gasteiger partial charge in [0.15, 0.2) is 5.72 Å². The van der Waals surface area contributed by atoms with Crippen LogP contribution >= 0.6 is 0 Å². The Morgan fingerprint density at radius 2 is 1.97 bits per heavy atom. The van der Waals surface area contributed by atoms with Crippen molar-refractivity contribution in [3.63, 3.8) is 0 Å². The maximum atomic E-state index is 13.6. The van der Waals surface area contributed by atoms with Crippen LogP contribution in [-0.2, 0) is 4.79 Å². The van der Waals surface area contributed by atoms with Crippen LogP contribution in [0.4, 0.5) is 11.6 Å². The number of ether oxygens (including phenoxy) is 2. The number of amides is 1. The standard InChI is InChI=1S/C22H21N3O4/c1-12-17-18-13-8-4-6-10-15(13)28-22(2,24-21(17)29-25-12)19(18)20(26)23-14-9-5-7-11-16(14)27-3/h4-11,18-19,24H,1-3H3,(H,23,26).